The number of benzene rings is 1. The van der Waals surface area contributed by atoms with Crippen LogP contribution in [0.25, 0.3) is 0 Å². The highest BCUT2D eigenvalue weighted by Gasteiger charge is 2.26. The van der Waals surface area contributed by atoms with Gasteiger partial charge >= 0.3 is 6.03 Å². The molecule has 1 N–H and O–H groups in total. The van der Waals surface area contributed by atoms with Gasteiger partial charge in [0.2, 0.25) is 5.95 Å². The van der Waals surface area contributed by atoms with Gasteiger partial charge in [-0.1, -0.05) is 29.3 Å². The predicted molar refractivity (Wildman–Crippen MR) is 112 cm³/mol. The van der Waals surface area contributed by atoms with Gasteiger partial charge in [0.25, 0.3) is 0 Å². The Morgan fingerprint density at radius 2 is 2.04 bits per heavy atom. The summed E-state index contributed by atoms with van der Waals surface area (Å²) in [6, 6.07) is 5.32. The fourth-order valence-electron chi connectivity index (χ4n) is 3.07. The van der Waals surface area contributed by atoms with Gasteiger partial charge in [0.15, 0.2) is 12.1 Å². The molecule has 0 unspecified atom stereocenters. The van der Waals surface area contributed by atoms with Gasteiger partial charge in [0, 0.05) is 33.7 Å². The van der Waals surface area contributed by atoms with Crippen molar-refractivity contribution in [1.29, 1.82) is 0 Å². The molecule has 0 atom stereocenters. The maximum Gasteiger partial charge on any atom is 0.325 e. The lowest BCUT2D eigenvalue weighted by Gasteiger charge is -2.26. The minimum absolute atomic E-state index is 0.289. The molecule has 0 bridgehead atoms. The van der Waals surface area contributed by atoms with Crippen molar-refractivity contribution in [3.8, 4) is 0 Å². The van der Waals surface area contributed by atoms with Crippen LogP contribution in [0.5, 0.6) is 0 Å². The monoisotopic (exact) mass is 423 g/mol. The molecule has 1 saturated carbocycles. The summed E-state index contributed by atoms with van der Waals surface area (Å²) in [5.74, 6) is 0.916. The van der Waals surface area contributed by atoms with Crippen molar-refractivity contribution < 1.29 is 9.59 Å². The Labute approximate surface area is 174 Å². The van der Waals surface area contributed by atoms with Crippen LogP contribution in [-0.4, -0.2) is 46.9 Å². The third-order valence-electron chi connectivity index (χ3n) is 5.00. The zero-order chi connectivity index (χ0) is 20.4. The average Bonchev–Trinajstić information content (AvgIpc) is 2.95. The first-order valence-electron chi connectivity index (χ1n) is 9.03. The summed E-state index contributed by atoms with van der Waals surface area (Å²) >= 11 is 12.0. The van der Waals surface area contributed by atoms with E-state index in [0.717, 1.165) is 24.7 Å². The quantitative estimate of drug-likeness (QED) is 0.706. The molecule has 0 spiro atoms. The lowest BCUT2D eigenvalue weighted by Crippen LogP contribution is -2.39. The smallest absolute Gasteiger partial charge is 0.325 e. The molecule has 1 aliphatic rings. The van der Waals surface area contributed by atoms with E-state index in [1.807, 2.05) is 6.07 Å². The summed E-state index contributed by atoms with van der Waals surface area (Å²) in [7, 11) is 5.05. The van der Waals surface area contributed by atoms with E-state index in [0.29, 0.717) is 40.1 Å². The number of carbonyl (C=O) groups excluding carboxylic acids is 2. The van der Waals surface area contributed by atoms with E-state index in [2.05, 4.69) is 10.3 Å². The molecule has 2 amide bonds. The zero-order valence-corrected chi connectivity index (χ0v) is 17.6. The highest BCUT2D eigenvalue weighted by molar-refractivity contribution is 6.42. The van der Waals surface area contributed by atoms with E-state index in [-0.39, 0.29) is 6.03 Å². The van der Waals surface area contributed by atoms with Gasteiger partial charge in [-0.05, 0) is 37.0 Å². The van der Waals surface area contributed by atoms with Gasteiger partial charge in [-0.2, -0.15) is 4.98 Å². The van der Waals surface area contributed by atoms with Crippen molar-refractivity contribution in [2.45, 2.75) is 31.8 Å². The Kier molecular flexibility index (Phi) is 6.15. The molecule has 1 fully saturated rings. The number of imidazole rings is 1. The Morgan fingerprint density at radius 3 is 2.61 bits per heavy atom. The lowest BCUT2D eigenvalue weighted by molar-refractivity contribution is 0.111. The molecule has 0 aliphatic heterocycles. The maximum absolute atomic E-state index is 12.9. The van der Waals surface area contributed by atoms with E-state index >= 15 is 0 Å². The fourth-order valence-corrected chi connectivity index (χ4v) is 3.39. The topological polar surface area (TPSA) is 70.5 Å². The second-order valence-corrected chi connectivity index (χ2v) is 7.85. The van der Waals surface area contributed by atoms with Crippen LogP contribution in [0.15, 0.2) is 18.2 Å². The first-order chi connectivity index (χ1) is 13.3. The third kappa shape index (κ3) is 4.10. The predicted octanol–water partition coefficient (Wildman–Crippen LogP) is 4.19. The van der Waals surface area contributed by atoms with Gasteiger partial charge in [-0.25, -0.2) is 4.79 Å². The summed E-state index contributed by atoms with van der Waals surface area (Å²) in [6.07, 6.45) is 4.07. The second-order valence-electron chi connectivity index (χ2n) is 7.04. The number of amides is 2. The molecule has 7 nitrogen and oxygen atoms in total. The summed E-state index contributed by atoms with van der Waals surface area (Å²) < 4.78 is 1.68. The van der Waals surface area contributed by atoms with Gasteiger partial charge < -0.3 is 14.8 Å². The van der Waals surface area contributed by atoms with Crippen LogP contribution in [0.1, 0.15) is 35.3 Å². The Bertz CT molecular complexity index is 895. The fraction of sp³-hybridized carbons (Fsp3) is 0.421. The molecule has 1 aliphatic carbocycles. The van der Waals surface area contributed by atoms with Crippen molar-refractivity contribution in [3.63, 3.8) is 0 Å². The van der Waals surface area contributed by atoms with Gasteiger partial charge in [0.1, 0.15) is 5.69 Å². The molecule has 0 saturated heterocycles. The van der Waals surface area contributed by atoms with Gasteiger partial charge in [0.05, 0.1) is 10.0 Å². The van der Waals surface area contributed by atoms with Crippen LogP contribution in [0, 0.1) is 0 Å². The molecule has 2 aromatic rings. The number of carbonyl (C=O) groups is 2. The van der Waals surface area contributed by atoms with Crippen molar-refractivity contribution in [2.24, 2.45) is 7.05 Å². The number of hydrogen-bond donors (Lipinski definition) is 1. The number of halogens is 2. The first-order valence-corrected chi connectivity index (χ1v) is 9.78. The molecule has 150 valence electrons. The highest BCUT2D eigenvalue weighted by atomic mass is 35.5. The Balaban J connectivity index is 1.76. The highest BCUT2D eigenvalue weighted by Crippen LogP contribution is 2.27. The molecular weight excluding hydrogens is 401 g/mol. The van der Waals surface area contributed by atoms with Crippen molar-refractivity contribution in [3.05, 3.63) is 39.5 Å². The van der Waals surface area contributed by atoms with Gasteiger partial charge in [-0.3, -0.25) is 9.69 Å². The minimum Gasteiger partial charge on any atom is -0.353 e. The van der Waals surface area contributed by atoms with Crippen LogP contribution < -0.4 is 10.2 Å². The van der Waals surface area contributed by atoms with Crippen LogP contribution in [0.3, 0.4) is 0 Å². The molecule has 28 heavy (non-hydrogen) atoms. The summed E-state index contributed by atoms with van der Waals surface area (Å²) in [5, 5.41) is 4.23. The standard InChI is InChI=1S/C19H23Cl2N5O2/c1-24(10-12-7-8-14(20)15(21)9-12)19(28)26(3)17-16(11-27)25(2)18(23-17)22-13-5-4-6-13/h7-9,11,13H,4-6,10H2,1-3H3,(H,22,23). The summed E-state index contributed by atoms with van der Waals surface area (Å²) in [4.78, 5) is 31.9. The van der Waals surface area contributed by atoms with E-state index in [9.17, 15) is 9.59 Å². The largest absolute Gasteiger partial charge is 0.353 e. The summed E-state index contributed by atoms with van der Waals surface area (Å²) in [6.45, 7) is 0.344. The molecule has 3 rings (SSSR count). The molecule has 1 aromatic carbocycles. The number of hydrogen-bond acceptors (Lipinski definition) is 4. The number of aldehydes is 1. The zero-order valence-electron chi connectivity index (χ0n) is 16.1. The van der Waals surface area contributed by atoms with E-state index in [1.54, 1.807) is 37.8 Å². The maximum atomic E-state index is 12.9. The number of rotatable bonds is 6. The molecular formula is C19H23Cl2N5O2. The number of nitrogens with zero attached hydrogens (tertiary/aromatic N) is 4. The number of anilines is 2. The molecule has 1 aromatic heterocycles. The van der Waals surface area contributed by atoms with Crippen LogP contribution in [0.4, 0.5) is 16.6 Å². The Morgan fingerprint density at radius 1 is 1.32 bits per heavy atom. The second kappa shape index (κ2) is 8.41. The minimum atomic E-state index is -0.289. The normalized spacial score (nSPS) is 13.8. The van der Waals surface area contributed by atoms with E-state index in [1.165, 1.54) is 16.2 Å². The van der Waals surface area contributed by atoms with Gasteiger partial charge in [-0.15, -0.1) is 0 Å². The Hall–Kier alpha value is -2.25. The lowest BCUT2D eigenvalue weighted by atomic mass is 9.93. The number of nitrogens with one attached hydrogen (secondary N) is 1. The van der Waals surface area contributed by atoms with E-state index in [4.69, 9.17) is 23.2 Å². The van der Waals surface area contributed by atoms with Crippen LogP contribution in [-0.2, 0) is 13.6 Å². The molecule has 9 heteroatoms. The van der Waals surface area contributed by atoms with Crippen molar-refractivity contribution in [2.75, 3.05) is 24.3 Å². The molecule has 0 radical (unpaired) electrons. The number of urea groups is 1. The SMILES string of the molecule is CN(Cc1ccc(Cl)c(Cl)c1)C(=O)N(C)c1nc(NC2CCC2)n(C)c1C=O. The summed E-state index contributed by atoms with van der Waals surface area (Å²) in [5.41, 5.74) is 1.20. The third-order valence-corrected chi connectivity index (χ3v) is 5.74. The van der Waals surface area contributed by atoms with E-state index < -0.39 is 0 Å². The average molecular weight is 424 g/mol. The van der Waals surface area contributed by atoms with Crippen molar-refractivity contribution >= 4 is 47.3 Å². The number of aromatic nitrogens is 2. The van der Waals surface area contributed by atoms with Crippen LogP contribution in [0.2, 0.25) is 10.0 Å². The first kappa shape index (κ1) is 20.5. The van der Waals surface area contributed by atoms with Crippen LogP contribution >= 0.6 is 23.2 Å². The molecule has 1 heterocycles. The van der Waals surface area contributed by atoms with Crippen molar-refractivity contribution in [1.82, 2.24) is 14.5 Å².